The molecule has 1 saturated heterocycles. The highest BCUT2D eigenvalue weighted by atomic mass is 16.5. The minimum absolute atomic E-state index is 0.0270. The second-order valence-electron chi connectivity index (χ2n) is 4.72. The molecule has 1 rings (SSSR count). The van der Waals surface area contributed by atoms with E-state index in [0.29, 0.717) is 6.42 Å². The van der Waals surface area contributed by atoms with E-state index in [2.05, 4.69) is 19.2 Å². The lowest BCUT2D eigenvalue weighted by Gasteiger charge is -2.30. The van der Waals surface area contributed by atoms with Gasteiger partial charge in [-0.2, -0.15) is 0 Å². The van der Waals surface area contributed by atoms with Crippen molar-refractivity contribution in [3.8, 4) is 0 Å². The Hall–Kier alpha value is -0.610. The number of carbonyl (C=O) groups is 1. The first-order chi connectivity index (χ1) is 7.05. The average molecular weight is 214 g/mol. The Labute approximate surface area is 92.0 Å². The van der Waals surface area contributed by atoms with Crippen LogP contribution in [0.25, 0.3) is 0 Å². The minimum Gasteiger partial charge on any atom is -0.385 e. The van der Waals surface area contributed by atoms with Gasteiger partial charge in [-0.15, -0.1) is 0 Å². The molecule has 0 saturated carbocycles. The highest BCUT2D eigenvalue weighted by molar-refractivity contribution is 5.76. The molecule has 15 heavy (non-hydrogen) atoms. The number of nitrogens with zero attached hydrogens (tertiary/aromatic N) is 1. The molecule has 1 aliphatic rings. The molecule has 1 aliphatic heterocycles. The first-order valence-electron chi connectivity index (χ1n) is 5.57. The van der Waals surface area contributed by atoms with Gasteiger partial charge in [-0.1, -0.05) is 0 Å². The van der Waals surface area contributed by atoms with Crippen LogP contribution in [0.1, 0.15) is 26.7 Å². The highest BCUT2D eigenvalue weighted by Crippen LogP contribution is 2.11. The molecule has 0 spiro atoms. The van der Waals surface area contributed by atoms with Crippen LogP contribution < -0.4 is 5.32 Å². The van der Waals surface area contributed by atoms with Crippen molar-refractivity contribution in [1.82, 2.24) is 10.2 Å². The Bertz CT molecular complexity index is 217. The van der Waals surface area contributed by atoms with Crippen molar-refractivity contribution in [1.29, 1.82) is 0 Å². The molecule has 88 valence electrons. The maximum Gasteiger partial charge on any atom is 0.223 e. The zero-order valence-electron chi connectivity index (χ0n) is 10.0. The Morgan fingerprint density at radius 3 is 2.93 bits per heavy atom. The number of carbonyl (C=O) groups excluding carboxylic acids is 1. The van der Waals surface area contributed by atoms with Crippen molar-refractivity contribution in [3.05, 3.63) is 0 Å². The molecule has 4 heteroatoms. The lowest BCUT2D eigenvalue weighted by Crippen LogP contribution is -2.47. The van der Waals surface area contributed by atoms with Crippen LogP contribution in [0.5, 0.6) is 0 Å². The SMILES string of the molecule is COCCCN1CC(C)(C)NCCC1=O. The topological polar surface area (TPSA) is 41.6 Å². The van der Waals surface area contributed by atoms with Crippen LogP contribution >= 0.6 is 0 Å². The number of hydrogen-bond donors (Lipinski definition) is 1. The van der Waals surface area contributed by atoms with Crippen LogP contribution in [-0.4, -0.2) is 49.7 Å². The Morgan fingerprint density at radius 2 is 2.27 bits per heavy atom. The summed E-state index contributed by atoms with van der Waals surface area (Å²) in [4.78, 5) is 13.7. The van der Waals surface area contributed by atoms with Crippen molar-refractivity contribution >= 4 is 5.91 Å². The van der Waals surface area contributed by atoms with Crippen molar-refractivity contribution in [3.63, 3.8) is 0 Å². The summed E-state index contributed by atoms with van der Waals surface area (Å²) in [6, 6.07) is 0. The quantitative estimate of drug-likeness (QED) is 0.698. The normalized spacial score (nSPS) is 21.5. The van der Waals surface area contributed by atoms with Gasteiger partial charge in [-0.25, -0.2) is 0 Å². The van der Waals surface area contributed by atoms with E-state index in [1.165, 1.54) is 0 Å². The highest BCUT2D eigenvalue weighted by Gasteiger charge is 2.27. The van der Waals surface area contributed by atoms with E-state index in [1.54, 1.807) is 7.11 Å². The van der Waals surface area contributed by atoms with Gasteiger partial charge in [0.1, 0.15) is 0 Å². The van der Waals surface area contributed by atoms with E-state index in [0.717, 1.165) is 32.7 Å². The van der Waals surface area contributed by atoms with Crippen LogP contribution in [0.4, 0.5) is 0 Å². The smallest absolute Gasteiger partial charge is 0.223 e. The molecule has 1 amide bonds. The monoisotopic (exact) mass is 214 g/mol. The third-order valence-electron chi connectivity index (χ3n) is 2.66. The summed E-state index contributed by atoms with van der Waals surface area (Å²) in [7, 11) is 1.69. The summed E-state index contributed by atoms with van der Waals surface area (Å²) in [5.74, 6) is 0.254. The zero-order chi connectivity index (χ0) is 11.3. The van der Waals surface area contributed by atoms with Gasteiger partial charge in [0.25, 0.3) is 0 Å². The summed E-state index contributed by atoms with van der Waals surface area (Å²) in [5.41, 5.74) is 0.0270. The van der Waals surface area contributed by atoms with Gasteiger partial charge >= 0.3 is 0 Å². The summed E-state index contributed by atoms with van der Waals surface area (Å²) < 4.78 is 5.00. The molecular weight excluding hydrogens is 192 g/mol. The van der Waals surface area contributed by atoms with Gasteiger partial charge in [0.05, 0.1) is 0 Å². The predicted octanol–water partition coefficient (Wildman–Crippen LogP) is 0.623. The summed E-state index contributed by atoms with van der Waals surface area (Å²) in [6.45, 7) is 7.36. The van der Waals surface area contributed by atoms with Crippen LogP contribution in [0, 0.1) is 0 Å². The maximum atomic E-state index is 11.7. The summed E-state index contributed by atoms with van der Waals surface area (Å²) >= 11 is 0. The molecule has 0 aromatic rings. The number of nitrogens with one attached hydrogen (secondary N) is 1. The Balaban J connectivity index is 2.47. The average Bonchev–Trinajstić information content (AvgIpc) is 2.27. The lowest BCUT2D eigenvalue weighted by molar-refractivity contribution is -0.131. The Kier molecular flexibility index (Phi) is 4.54. The van der Waals surface area contributed by atoms with Crippen molar-refractivity contribution < 1.29 is 9.53 Å². The standard InChI is InChI=1S/C11H22N2O2/c1-11(2)9-13(7-4-8-15-3)10(14)5-6-12-11/h12H,4-9H2,1-3H3. The molecule has 0 unspecified atom stereocenters. The fourth-order valence-corrected chi connectivity index (χ4v) is 1.89. The Morgan fingerprint density at radius 1 is 1.53 bits per heavy atom. The van der Waals surface area contributed by atoms with Gasteiger partial charge in [0, 0.05) is 45.3 Å². The van der Waals surface area contributed by atoms with Crippen molar-refractivity contribution in [2.75, 3.05) is 33.4 Å². The van der Waals surface area contributed by atoms with E-state index in [1.807, 2.05) is 4.90 Å². The third kappa shape index (κ3) is 4.18. The van der Waals surface area contributed by atoms with Crippen LogP contribution in [0.3, 0.4) is 0 Å². The van der Waals surface area contributed by atoms with E-state index in [4.69, 9.17) is 4.74 Å². The molecular formula is C11H22N2O2. The zero-order valence-corrected chi connectivity index (χ0v) is 10.0. The van der Waals surface area contributed by atoms with E-state index in [-0.39, 0.29) is 11.4 Å². The van der Waals surface area contributed by atoms with E-state index >= 15 is 0 Å². The number of ether oxygens (including phenoxy) is 1. The predicted molar refractivity (Wildman–Crippen MR) is 59.8 cm³/mol. The number of amides is 1. The molecule has 1 N–H and O–H groups in total. The van der Waals surface area contributed by atoms with Crippen molar-refractivity contribution in [2.24, 2.45) is 0 Å². The fraction of sp³-hybridized carbons (Fsp3) is 0.909. The number of methoxy groups -OCH3 is 1. The summed E-state index contributed by atoms with van der Waals surface area (Å²) in [6.07, 6.45) is 1.52. The molecule has 1 heterocycles. The fourth-order valence-electron chi connectivity index (χ4n) is 1.89. The molecule has 0 atom stereocenters. The largest absolute Gasteiger partial charge is 0.385 e. The molecule has 0 aromatic carbocycles. The third-order valence-corrected chi connectivity index (χ3v) is 2.66. The van der Waals surface area contributed by atoms with Crippen LogP contribution in [0.2, 0.25) is 0 Å². The van der Waals surface area contributed by atoms with Gasteiger partial charge in [0.2, 0.25) is 5.91 Å². The number of rotatable bonds is 4. The number of hydrogen-bond acceptors (Lipinski definition) is 3. The molecule has 0 aliphatic carbocycles. The van der Waals surface area contributed by atoms with Gasteiger partial charge < -0.3 is 15.0 Å². The van der Waals surface area contributed by atoms with Crippen LogP contribution in [-0.2, 0) is 9.53 Å². The molecule has 0 radical (unpaired) electrons. The molecule has 0 bridgehead atoms. The summed E-state index contributed by atoms with van der Waals surface area (Å²) in [5, 5.41) is 3.38. The van der Waals surface area contributed by atoms with Gasteiger partial charge in [-0.3, -0.25) is 4.79 Å². The van der Waals surface area contributed by atoms with Crippen LogP contribution in [0.15, 0.2) is 0 Å². The minimum atomic E-state index is 0.0270. The molecule has 1 fully saturated rings. The molecule has 4 nitrogen and oxygen atoms in total. The first kappa shape index (κ1) is 12.5. The van der Waals surface area contributed by atoms with Crippen molar-refractivity contribution in [2.45, 2.75) is 32.2 Å². The molecule has 0 aromatic heterocycles. The van der Waals surface area contributed by atoms with E-state index < -0.39 is 0 Å². The van der Waals surface area contributed by atoms with E-state index in [9.17, 15) is 4.79 Å². The van der Waals surface area contributed by atoms with Gasteiger partial charge in [-0.05, 0) is 20.3 Å². The maximum absolute atomic E-state index is 11.7. The lowest BCUT2D eigenvalue weighted by atomic mass is 10.1. The second-order valence-corrected chi connectivity index (χ2v) is 4.72. The second kappa shape index (κ2) is 5.47. The first-order valence-corrected chi connectivity index (χ1v) is 5.57. The van der Waals surface area contributed by atoms with Gasteiger partial charge in [0.15, 0.2) is 0 Å².